The molecule has 0 aliphatic rings. The van der Waals surface area contributed by atoms with E-state index in [1.807, 2.05) is 0 Å². The van der Waals surface area contributed by atoms with Gasteiger partial charge in [-0.25, -0.2) is 0 Å². The summed E-state index contributed by atoms with van der Waals surface area (Å²) in [6.45, 7) is 1.55. The molecule has 0 heterocycles. The first-order valence-corrected chi connectivity index (χ1v) is 1.80. The van der Waals surface area contributed by atoms with Gasteiger partial charge < -0.3 is 5.11 Å². The maximum Gasteiger partial charge on any atom is 0.233 e. The Labute approximate surface area is 42.3 Å². The summed E-state index contributed by atoms with van der Waals surface area (Å²) in [5, 5.41) is 8.40. The number of hydrogen-bond donors (Lipinski definition) is 3. The summed E-state index contributed by atoms with van der Waals surface area (Å²) >= 11 is 0. The third-order valence-corrected chi connectivity index (χ3v) is 0.325. The molecule has 0 radical (unpaired) electrons. The van der Waals surface area contributed by atoms with Crippen LogP contribution < -0.4 is 11.5 Å². The van der Waals surface area contributed by atoms with Crippen LogP contribution in [-0.4, -0.2) is 11.0 Å². The molecule has 5 N–H and O–H groups in total. The summed E-state index contributed by atoms with van der Waals surface area (Å²) in [6.07, 6.45) is 0. The quantitative estimate of drug-likeness (QED) is 0.258. The average Bonchev–Trinajstić information content (AvgIpc) is 1.30. The number of rotatable bonds is 0. The zero-order chi connectivity index (χ0) is 5.91. The van der Waals surface area contributed by atoms with Crippen molar-refractivity contribution in [3.8, 4) is 11.8 Å². The highest BCUT2D eigenvalue weighted by Crippen LogP contribution is 1.73. The maximum atomic E-state index is 8.40. The largest absolute Gasteiger partial charge is 0.353 e. The topological polar surface area (TPSA) is 72.3 Å². The molecule has 0 spiro atoms. The van der Waals surface area contributed by atoms with Gasteiger partial charge in [0.25, 0.3) is 0 Å². The molecule has 3 heteroatoms. The lowest BCUT2D eigenvalue weighted by Gasteiger charge is -2.05. The Morgan fingerprint density at radius 3 is 2.00 bits per heavy atom. The third kappa shape index (κ3) is 5.44. The maximum absolute atomic E-state index is 8.40. The van der Waals surface area contributed by atoms with E-state index < -0.39 is 5.85 Å². The van der Waals surface area contributed by atoms with E-state index in [0.717, 1.165) is 0 Å². The second-order valence-corrected chi connectivity index (χ2v) is 1.20. The molecule has 0 aliphatic heterocycles. The standard InChI is InChI=1S/C4H8N2O/c1-2-3-4(5,6)7/h7H,5-6H2,1H3. The fourth-order valence-corrected chi connectivity index (χ4v) is 0.200. The van der Waals surface area contributed by atoms with Crippen LogP contribution in [0.15, 0.2) is 0 Å². The van der Waals surface area contributed by atoms with Gasteiger partial charge in [0.05, 0.1) is 0 Å². The monoisotopic (exact) mass is 100 g/mol. The second-order valence-electron chi connectivity index (χ2n) is 1.20. The van der Waals surface area contributed by atoms with E-state index in [1.165, 1.54) is 0 Å². The average molecular weight is 100 g/mol. The van der Waals surface area contributed by atoms with E-state index in [9.17, 15) is 0 Å². The summed E-state index contributed by atoms with van der Waals surface area (Å²) in [5.41, 5.74) is 9.61. The van der Waals surface area contributed by atoms with Crippen LogP contribution in [0.3, 0.4) is 0 Å². The molecular formula is C4H8N2O. The minimum atomic E-state index is -1.81. The Bertz CT molecular complexity index is 103. The van der Waals surface area contributed by atoms with Crippen molar-refractivity contribution in [1.29, 1.82) is 0 Å². The molecule has 40 valence electrons. The van der Waals surface area contributed by atoms with Crippen LogP contribution >= 0.6 is 0 Å². The van der Waals surface area contributed by atoms with Crippen molar-refractivity contribution in [1.82, 2.24) is 0 Å². The van der Waals surface area contributed by atoms with E-state index in [1.54, 1.807) is 6.92 Å². The van der Waals surface area contributed by atoms with Gasteiger partial charge in [0.2, 0.25) is 5.85 Å². The Balaban J connectivity index is 3.72. The minimum absolute atomic E-state index is 1.55. The lowest BCUT2D eigenvalue weighted by Crippen LogP contribution is -2.47. The van der Waals surface area contributed by atoms with Gasteiger partial charge in [-0.3, -0.25) is 11.5 Å². The van der Waals surface area contributed by atoms with Crippen molar-refractivity contribution in [2.24, 2.45) is 11.5 Å². The van der Waals surface area contributed by atoms with Gasteiger partial charge in [-0.15, -0.1) is 5.92 Å². The van der Waals surface area contributed by atoms with Crippen LogP contribution in [-0.2, 0) is 0 Å². The first-order valence-electron chi connectivity index (χ1n) is 1.80. The molecular weight excluding hydrogens is 92.1 g/mol. The summed E-state index contributed by atoms with van der Waals surface area (Å²) in [5.74, 6) is 2.69. The summed E-state index contributed by atoms with van der Waals surface area (Å²) in [7, 11) is 0. The van der Waals surface area contributed by atoms with E-state index in [0.29, 0.717) is 0 Å². The molecule has 0 atom stereocenters. The van der Waals surface area contributed by atoms with Gasteiger partial charge >= 0.3 is 0 Å². The van der Waals surface area contributed by atoms with Crippen LogP contribution in [0.4, 0.5) is 0 Å². The van der Waals surface area contributed by atoms with Gasteiger partial charge in [-0.1, -0.05) is 0 Å². The third-order valence-electron chi connectivity index (χ3n) is 0.325. The van der Waals surface area contributed by atoms with Crippen LogP contribution in [0.5, 0.6) is 0 Å². The van der Waals surface area contributed by atoms with Gasteiger partial charge in [-0.05, 0) is 12.8 Å². The van der Waals surface area contributed by atoms with Crippen LogP contribution in [0.25, 0.3) is 0 Å². The van der Waals surface area contributed by atoms with Crippen molar-refractivity contribution < 1.29 is 5.11 Å². The zero-order valence-corrected chi connectivity index (χ0v) is 4.10. The van der Waals surface area contributed by atoms with Gasteiger partial charge in [-0.2, -0.15) is 0 Å². The zero-order valence-electron chi connectivity index (χ0n) is 4.10. The molecule has 0 amide bonds. The summed E-state index contributed by atoms with van der Waals surface area (Å²) in [4.78, 5) is 0. The molecule has 0 fully saturated rings. The number of hydrogen-bond acceptors (Lipinski definition) is 3. The van der Waals surface area contributed by atoms with Gasteiger partial charge in [0.15, 0.2) is 0 Å². The molecule has 3 nitrogen and oxygen atoms in total. The minimum Gasteiger partial charge on any atom is -0.353 e. The highest BCUT2D eigenvalue weighted by Gasteiger charge is 2.05. The van der Waals surface area contributed by atoms with Gasteiger partial charge in [0, 0.05) is 0 Å². The van der Waals surface area contributed by atoms with Crippen LogP contribution in [0.2, 0.25) is 0 Å². The van der Waals surface area contributed by atoms with E-state index in [2.05, 4.69) is 11.8 Å². The Hall–Kier alpha value is -0.560. The van der Waals surface area contributed by atoms with Gasteiger partial charge in [0.1, 0.15) is 0 Å². The molecule has 0 saturated heterocycles. The predicted molar refractivity (Wildman–Crippen MR) is 26.8 cm³/mol. The van der Waals surface area contributed by atoms with Crippen LogP contribution in [0.1, 0.15) is 6.92 Å². The van der Waals surface area contributed by atoms with Crippen molar-refractivity contribution >= 4 is 0 Å². The smallest absolute Gasteiger partial charge is 0.233 e. The van der Waals surface area contributed by atoms with Crippen molar-refractivity contribution in [3.63, 3.8) is 0 Å². The predicted octanol–water partition coefficient (Wildman–Crippen LogP) is -1.43. The number of aliphatic hydroxyl groups is 1. The second kappa shape index (κ2) is 1.94. The molecule has 0 aromatic carbocycles. The van der Waals surface area contributed by atoms with E-state index >= 15 is 0 Å². The van der Waals surface area contributed by atoms with E-state index in [-0.39, 0.29) is 0 Å². The normalized spacial score (nSPS) is 9.71. The van der Waals surface area contributed by atoms with E-state index in [4.69, 9.17) is 16.6 Å². The Morgan fingerprint density at radius 1 is 1.57 bits per heavy atom. The van der Waals surface area contributed by atoms with Crippen molar-refractivity contribution in [3.05, 3.63) is 0 Å². The molecule has 0 aromatic heterocycles. The molecule has 7 heavy (non-hydrogen) atoms. The highest BCUT2D eigenvalue weighted by molar-refractivity contribution is 5.05. The molecule has 0 aliphatic carbocycles. The lowest BCUT2D eigenvalue weighted by molar-refractivity contribution is 0.117. The number of nitrogens with two attached hydrogens (primary N) is 2. The molecule has 0 bridgehead atoms. The van der Waals surface area contributed by atoms with Crippen molar-refractivity contribution in [2.45, 2.75) is 12.8 Å². The highest BCUT2D eigenvalue weighted by atomic mass is 16.3. The fraction of sp³-hybridized carbons (Fsp3) is 0.500. The summed E-state index contributed by atoms with van der Waals surface area (Å²) < 4.78 is 0. The van der Waals surface area contributed by atoms with Crippen LogP contribution in [0, 0.1) is 11.8 Å². The molecule has 0 rings (SSSR count). The molecule has 0 aromatic rings. The summed E-state index contributed by atoms with van der Waals surface area (Å²) in [6, 6.07) is 0. The Morgan fingerprint density at radius 2 is 2.00 bits per heavy atom. The SMILES string of the molecule is CC#CC(N)(N)O. The Kier molecular flexibility index (Phi) is 1.78. The lowest BCUT2D eigenvalue weighted by atomic mass is 10.4. The van der Waals surface area contributed by atoms with Crippen molar-refractivity contribution in [2.75, 3.05) is 0 Å². The fourth-order valence-electron chi connectivity index (χ4n) is 0.200. The molecule has 0 unspecified atom stereocenters. The first-order chi connectivity index (χ1) is 3.06. The molecule has 0 saturated carbocycles. The first kappa shape index (κ1) is 6.44.